The molecule has 0 saturated carbocycles. The Labute approximate surface area is 147 Å². The first-order valence-corrected chi connectivity index (χ1v) is 8.33. The van der Waals surface area contributed by atoms with Gasteiger partial charge in [0.2, 0.25) is 5.90 Å². The van der Waals surface area contributed by atoms with Gasteiger partial charge in [-0.25, -0.2) is 0 Å². The van der Waals surface area contributed by atoms with E-state index in [0.717, 1.165) is 11.1 Å². The molecule has 1 aliphatic rings. The van der Waals surface area contributed by atoms with Gasteiger partial charge in [-0.2, -0.15) is 5.26 Å². The maximum absolute atomic E-state index is 11.9. The first kappa shape index (κ1) is 16.9. The molecule has 0 aliphatic carbocycles. The Morgan fingerprint density at radius 2 is 1.84 bits per heavy atom. The van der Waals surface area contributed by atoms with E-state index in [0.29, 0.717) is 6.42 Å². The highest BCUT2D eigenvalue weighted by atomic mass is 16.5. The maximum Gasteiger partial charge on any atom is 0.202 e. The van der Waals surface area contributed by atoms with Crippen LogP contribution in [-0.2, 0) is 9.53 Å². The fraction of sp³-hybridized carbons (Fsp3) is 0.286. The minimum absolute atomic E-state index is 0.000519. The Balaban J connectivity index is 2.01. The predicted molar refractivity (Wildman–Crippen MR) is 95.1 cm³/mol. The second-order valence-electron chi connectivity index (χ2n) is 6.50. The van der Waals surface area contributed by atoms with Crippen LogP contribution in [0, 0.1) is 22.2 Å². The fourth-order valence-corrected chi connectivity index (χ4v) is 3.55. The molecule has 1 fully saturated rings. The highest BCUT2D eigenvalue weighted by molar-refractivity contribution is 5.88. The molecule has 2 aromatic carbocycles. The van der Waals surface area contributed by atoms with Crippen LogP contribution in [-0.4, -0.2) is 11.7 Å². The number of ketones is 1. The van der Waals surface area contributed by atoms with Crippen molar-refractivity contribution in [3.05, 3.63) is 71.8 Å². The molecule has 0 aromatic heterocycles. The molecule has 0 radical (unpaired) electrons. The van der Waals surface area contributed by atoms with Gasteiger partial charge in [0.05, 0.1) is 6.07 Å². The van der Waals surface area contributed by atoms with Gasteiger partial charge in [0, 0.05) is 18.8 Å². The molecule has 0 amide bonds. The van der Waals surface area contributed by atoms with Crippen molar-refractivity contribution in [3.8, 4) is 6.07 Å². The van der Waals surface area contributed by atoms with Crippen molar-refractivity contribution >= 4 is 11.7 Å². The van der Waals surface area contributed by atoms with Gasteiger partial charge in [-0.15, -0.1) is 0 Å². The lowest BCUT2D eigenvalue weighted by Gasteiger charge is -2.29. The van der Waals surface area contributed by atoms with E-state index < -0.39 is 11.3 Å². The predicted octanol–water partition coefficient (Wildman–Crippen LogP) is 4.40. The summed E-state index contributed by atoms with van der Waals surface area (Å²) >= 11 is 0. The molecule has 4 heteroatoms. The van der Waals surface area contributed by atoms with Crippen molar-refractivity contribution in [3.63, 3.8) is 0 Å². The molecule has 2 aromatic rings. The summed E-state index contributed by atoms with van der Waals surface area (Å²) < 4.78 is 5.79. The fourth-order valence-electron chi connectivity index (χ4n) is 3.55. The van der Waals surface area contributed by atoms with Crippen LogP contribution >= 0.6 is 0 Å². The van der Waals surface area contributed by atoms with E-state index in [1.165, 1.54) is 6.92 Å². The van der Waals surface area contributed by atoms with Gasteiger partial charge in [0.25, 0.3) is 0 Å². The third-order valence-electron chi connectivity index (χ3n) is 4.83. The summed E-state index contributed by atoms with van der Waals surface area (Å²) in [6.45, 7) is 1.52. The number of hydrogen-bond donors (Lipinski definition) is 1. The van der Waals surface area contributed by atoms with Crippen molar-refractivity contribution < 1.29 is 9.53 Å². The molecule has 3 unspecified atom stereocenters. The van der Waals surface area contributed by atoms with Crippen molar-refractivity contribution in [2.24, 2.45) is 5.41 Å². The monoisotopic (exact) mass is 332 g/mol. The van der Waals surface area contributed by atoms with E-state index in [1.54, 1.807) is 0 Å². The van der Waals surface area contributed by atoms with Gasteiger partial charge in [0.1, 0.15) is 17.3 Å². The number of nitrogens with one attached hydrogen (secondary N) is 1. The van der Waals surface area contributed by atoms with E-state index in [1.807, 2.05) is 60.7 Å². The third-order valence-corrected chi connectivity index (χ3v) is 4.83. The molecule has 1 heterocycles. The van der Waals surface area contributed by atoms with Crippen LogP contribution in [0.15, 0.2) is 60.7 Å². The third kappa shape index (κ3) is 3.18. The van der Waals surface area contributed by atoms with Crippen LogP contribution in [0.5, 0.6) is 0 Å². The number of ether oxygens (including phenoxy) is 1. The molecule has 126 valence electrons. The van der Waals surface area contributed by atoms with Crippen LogP contribution in [0.1, 0.15) is 42.9 Å². The molecule has 1 aliphatic heterocycles. The number of rotatable bonds is 5. The quantitative estimate of drug-likeness (QED) is 0.882. The number of nitriles is 1. The van der Waals surface area contributed by atoms with Gasteiger partial charge in [-0.3, -0.25) is 5.41 Å². The van der Waals surface area contributed by atoms with Gasteiger partial charge in [-0.05, 0) is 18.1 Å². The molecule has 1 N–H and O–H groups in total. The average Bonchev–Trinajstić information content (AvgIpc) is 2.98. The molecule has 0 bridgehead atoms. The Morgan fingerprint density at radius 3 is 2.40 bits per heavy atom. The Morgan fingerprint density at radius 1 is 1.24 bits per heavy atom. The zero-order chi connectivity index (χ0) is 17.9. The molecule has 3 rings (SSSR count). The lowest BCUT2D eigenvalue weighted by atomic mass is 9.68. The van der Waals surface area contributed by atoms with Crippen molar-refractivity contribution in [1.29, 1.82) is 10.7 Å². The number of hydrogen-bond acceptors (Lipinski definition) is 4. The second kappa shape index (κ2) is 6.90. The summed E-state index contributed by atoms with van der Waals surface area (Å²) in [6.07, 6.45) is 0.246. The summed E-state index contributed by atoms with van der Waals surface area (Å²) in [5, 5.41) is 18.4. The zero-order valence-corrected chi connectivity index (χ0v) is 14.1. The van der Waals surface area contributed by atoms with Crippen LogP contribution in [0.2, 0.25) is 0 Å². The summed E-state index contributed by atoms with van der Waals surface area (Å²) in [5.74, 6) is -0.434. The normalized spacial score (nSPS) is 23.5. The minimum atomic E-state index is -1.13. The highest BCUT2D eigenvalue weighted by Crippen LogP contribution is 2.51. The largest absolute Gasteiger partial charge is 0.472 e. The second-order valence-corrected chi connectivity index (χ2v) is 6.50. The number of benzene rings is 2. The Hall–Kier alpha value is -2.93. The summed E-state index contributed by atoms with van der Waals surface area (Å²) in [6, 6.07) is 21.5. The minimum Gasteiger partial charge on any atom is -0.472 e. The highest BCUT2D eigenvalue weighted by Gasteiger charge is 2.53. The van der Waals surface area contributed by atoms with Crippen LogP contribution in [0.4, 0.5) is 0 Å². The molecular formula is C21H20N2O2. The van der Waals surface area contributed by atoms with E-state index in [4.69, 9.17) is 10.1 Å². The smallest absolute Gasteiger partial charge is 0.202 e. The summed E-state index contributed by atoms with van der Waals surface area (Å²) in [4.78, 5) is 11.9. The molecule has 4 nitrogen and oxygen atoms in total. The molecule has 1 saturated heterocycles. The number of Topliss-reactive ketones (excluding diaryl/α,β-unsaturated/α-hetero) is 1. The molecule has 25 heavy (non-hydrogen) atoms. The number of nitrogens with zero attached hydrogens (tertiary/aromatic N) is 1. The Kier molecular flexibility index (Phi) is 4.67. The lowest BCUT2D eigenvalue weighted by molar-refractivity contribution is -0.117. The summed E-state index contributed by atoms with van der Waals surface area (Å²) in [5.41, 5.74) is 0.702. The van der Waals surface area contributed by atoms with E-state index >= 15 is 0 Å². The molecule has 3 atom stereocenters. The van der Waals surface area contributed by atoms with Crippen LogP contribution in [0.25, 0.3) is 0 Å². The van der Waals surface area contributed by atoms with E-state index in [-0.39, 0.29) is 24.2 Å². The van der Waals surface area contributed by atoms with E-state index in [9.17, 15) is 10.1 Å². The van der Waals surface area contributed by atoms with Crippen molar-refractivity contribution in [2.45, 2.75) is 31.8 Å². The van der Waals surface area contributed by atoms with Gasteiger partial charge < -0.3 is 9.53 Å². The maximum atomic E-state index is 11.9. The number of carbonyl (C=O) groups excluding carboxylic acids is 1. The summed E-state index contributed by atoms with van der Waals surface area (Å²) in [7, 11) is 0. The van der Waals surface area contributed by atoms with E-state index in [2.05, 4.69) is 6.07 Å². The van der Waals surface area contributed by atoms with Crippen LogP contribution in [0.3, 0.4) is 0 Å². The average molecular weight is 332 g/mol. The zero-order valence-electron chi connectivity index (χ0n) is 14.1. The first-order valence-electron chi connectivity index (χ1n) is 8.33. The van der Waals surface area contributed by atoms with Gasteiger partial charge in [0.15, 0.2) is 0 Å². The number of carbonyl (C=O) groups is 1. The van der Waals surface area contributed by atoms with Crippen LogP contribution < -0.4 is 0 Å². The Bertz CT molecular complexity index is 811. The van der Waals surface area contributed by atoms with Crippen molar-refractivity contribution in [2.75, 3.05) is 0 Å². The van der Waals surface area contributed by atoms with Crippen molar-refractivity contribution in [1.82, 2.24) is 0 Å². The van der Waals surface area contributed by atoms with Gasteiger partial charge in [-0.1, -0.05) is 60.7 Å². The van der Waals surface area contributed by atoms with Gasteiger partial charge >= 0.3 is 0 Å². The topological polar surface area (TPSA) is 73.9 Å². The molecular weight excluding hydrogens is 312 g/mol. The standard InChI is InChI=1S/C21H20N2O2/c1-15(24)12-18(16-8-4-2-5-9-16)21(14-22)13-19(25-20(21)23)17-10-6-3-7-11-17/h2-11,18-19,23H,12-13H2,1H3. The first-order chi connectivity index (χ1) is 12.1. The lowest BCUT2D eigenvalue weighted by Crippen LogP contribution is -2.33. The SMILES string of the molecule is CC(=O)CC(c1ccccc1)C1(C#N)CC(c2ccccc2)OC1=N. The molecule has 0 spiro atoms.